The van der Waals surface area contributed by atoms with Crippen molar-refractivity contribution < 1.29 is 5.11 Å². The van der Waals surface area contributed by atoms with E-state index in [9.17, 15) is 0 Å². The highest BCUT2D eigenvalue weighted by Crippen LogP contribution is 2.00. The summed E-state index contributed by atoms with van der Waals surface area (Å²) in [6.07, 6.45) is 9.48. The van der Waals surface area contributed by atoms with Gasteiger partial charge in [-0.3, -0.25) is 0 Å². The maximum absolute atomic E-state index is 8.65. The number of imidazole rings is 1. The predicted octanol–water partition coefficient (Wildman–Crippen LogP) is 1.94. The molecular weight excluding hydrogens is 214 g/mol. The summed E-state index contributed by atoms with van der Waals surface area (Å²) in [7, 11) is 0. The first-order chi connectivity index (χ1) is 8.38. The fourth-order valence-electron chi connectivity index (χ4n) is 1.87. The second-order valence-corrected chi connectivity index (χ2v) is 4.35. The third kappa shape index (κ3) is 5.84. The molecule has 1 aromatic heterocycles. The molecule has 0 atom stereocenters. The molecule has 2 N–H and O–H groups in total. The monoisotopic (exact) mass is 239 g/mol. The average Bonchev–Trinajstić information content (AvgIpc) is 2.76. The molecular formula is C13H25N3O. The van der Waals surface area contributed by atoms with Crippen molar-refractivity contribution in [2.24, 2.45) is 0 Å². The molecule has 0 aliphatic rings. The number of aryl methyl sites for hydroxylation is 1. The third-order valence-electron chi connectivity index (χ3n) is 2.81. The van der Waals surface area contributed by atoms with Crippen LogP contribution in [-0.4, -0.2) is 27.8 Å². The normalized spacial score (nSPS) is 10.9. The van der Waals surface area contributed by atoms with Gasteiger partial charge in [-0.25, -0.2) is 4.98 Å². The number of aliphatic hydroxyl groups excluding tert-OH is 1. The SMILES string of the molecule is CCCn1ccnc1CNCCCCCCO. The van der Waals surface area contributed by atoms with Gasteiger partial charge in [0.05, 0.1) is 6.54 Å². The van der Waals surface area contributed by atoms with Crippen LogP contribution in [0.1, 0.15) is 44.9 Å². The van der Waals surface area contributed by atoms with Gasteiger partial charge >= 0.3 is 0 Å². The maximum atomic E-state index is 8.65. The van der Waals surface area contributed by atoms with E-state index in [1.54, 1.807) is 0 Å². The Morgan fingerprint density at radius 1 is 1.29 bits per heavy atom. The summed E-state index contributed by atoms with van der Waals surface area (Å²) in [4.78, 5) is 4.35. The minimum atomic E-state index is 0.321. The Bertz CT molecular complexity index is 286. The first kappa shape index (κ1) is 14.2. The fourth-order valence-corrected chi connectivity index (χ4v) is 1.87. The topological polar surface area (TPSA) is 50.1 Å². The van der Waals surface area contributed by atoms with E-state index in [0.29, 0.717) is 6.61 Å². The molecule has 0 bridgehead atoms. The Balaban J connectivity index is 2.07. The summed E-state index contributed by atoms with van der Waals surface area (Å²) < 4.78 is 2.21. The van der Waals surface area contributed by atoms with Gasteiger partial charge in [0.25, 0.3) is 0 Å². The van der Waals surface area contributed by atoms with Crippen molar-refractivity contribution in [1.82, 2.24) is 14.9 Å². The standard InChI is InChI=1S/C13H25N3O/c1-2-9-16-10-8-15-13(16)12-14-7-5-3-4-6-11-17/h8,10,14,17H,2-7,9,11-12H2,1H3. The van der Waals surface area contributed by atoms with Crippen molar-refractivity contribution in [3.8, 4) is 0 Å². The minimum absolute atomic E-state index is 0.321. The van der Waals surface area contributed by atoms with Gasteiger partial charge in [0.1, 0.15) is 5.82 Å². The molecule has 1 aromatic rings. The molecule has 0 aliphatic heterocycles. The lowest BCUT2D eigenvalue weighted by Crippen LogP contribution is -2.18. The summed E-state index contributed by atoms with van der Waals surface area (Å²) in [6.45, 7) is 5.44. The van der Waals surface area contributed by atoms with Crippen molar-refractivity contribution in [2.75, 3.05) is 13.2 Å². The fraction of sp³-hybridized carbons (Fsp3) is 0.769. The summed E-state index contributed by atoms with van der Waals surface area (Å²) in [5, 5.41) is 12.1. The van der Waals surface area contributed by atoms with E-state index >= 15 is 0 Å². The molecule has 0 radical (unpaired) electrons. The molecule has 0 amide bonds. The van der Waals surface area contributed by atoms with E-state index in [4.69, 9.17) is 5.11 Å². The molecule has 0 aliphatic carbocycles. The van der Waals surface area contributed by atoms with E-state index in [1.807, 2.05) is 12.4 Å². The van der Waals surface area contributed by atoms with Crippen molar-refractivity contribution in [3.05, 3.63) is 18.2 Å². The molecule has 4 heteroatoms. The van der Waals surface area contributed by atoms with Crippen LogP contribution in [0.25, 0.3) is 0 Å². The average molecular weight is 239 g/mol. The van der Waals surface area contributed by atoms with Crippen LogP contribution < -0.4 is 5.32 Å². The lowest BCUT2D eigenvalue weighted by atomic mass is 10.2. The molecule has 1 rings (SSSR count). The number of rotatable bonds is 10. The van der Waals surface area contributed by atoms with Gasteiger partial charge in [-0.05, 0) is 25.8 Å². The molecule has 4 nitrogen and oxygen atoms in total. The van der Waals surface area contributed by atoms with Crippen LogP contribution in [-0.2, 0) is 13.1 Å². The van der Waals surface area contributed by atoms with Gasteiger partial charge in [-0.15, -0.1) is 0 Å². The smallest absolute Gasteiger partial charge is 0.122 e. The number of hydrogen-bond acceptors (Lipinski definition) is 3. The van der Waals surface area contributed by atoms with Crippen molar-refractivity contribution in [2.45, 2.75) is 52.1 Å². The van der Waals surface area contributed by atoms with E-state index in [0.717, 1.165) is 44.7 Å². The highest BCUT2D eigenvalue weighted by molar-refractivity contribution is 4.91. The van der Waals surface area contributed by atoms with Crippen LogP contribution in [0.5, 0.6) is 0 Å². The highest BCUT2D eigenvalue weighted by Gasteiger charge is 2.00. The third-order valence-corrected chi connectivity index (χ3v) is 2.81. The quantitative estimate of drug-likeness (QED) is 0.613. The van der Waals surface area contributed by atoms with E-state index < -0.39 is 0 Å². The first-order valence-corrected chi connectivity index (χ1v) is 6.70. The van der Waals surface area contributed by atoms with Crippen LogP contribution in [0.15, 0.2) is 12.4 Å². The number of aliphatic hydroxyl groups is 1. The summed E-state index contributed by atoms with van der Waals surface area (Å²) in [5.41, 5.74) is 0. The molecule has 0 fully saturated rings. The second kappa shape index (κ2) is 9.19. The van der Waals surface area contributed by atoms with E-state index in [-0.39, 0.29) is 0 Å². The van der Waals surface area contributed by atoms with Gasteiger partial charge < -0.3 is 15.0 Å². The first-order valence-electron chi connectivity index (χ1n) is 6.70. The minimum Gasteiger partial charge on any atom is -0.396 e. The summed E-state index contributed by atoms with van der Waals surface area (Å²) in [6, 6.07) is 0. The Morgan fingerprint density at radius 3 is 2.88 bits per heavy atom. The maximum Gasteiger partial charge on any atom is 0.122 e. The van der Waals surface area contributed by atoms with Crippen molar-refractivity contribution >= 4 is 0 Å². The zero-order chi connectivity index (χ0) is 12.3. The van der Waals surface area contributed by atoms with Crippen LogP contribution >= 0.6 is 0 Å². The van der Waals surface area contributed by atoms with Crippen LogP contribution in [0.4, 0.5) is 0 Å². The summed E-state index contributed by atoms with van der Waals surface area (Å²) in [5.74, 6) is 1.13. The Hall–Kier alpha value is -0.870. The number of nitrogens with zero attached hydrogens (tertiary/aromatic N) is 2. The van der Waals surface area contributed by atoms with Gasteiger partial charge in [-0.2, -0.15) is 0 Å². The largest absolute Gasteiger partial charge is 0.396 e. The van der Waals surface area contributed by atoms with Crippen molar-refractivity contribution in [1.29, 1.82) is 0 Å². The molecule has 0 unspecified atom stereocenters. The number of nitrogens with one attached hydrogen (secondary N) is 1. The van der Waals surface area contributed by atoms with Crippen LogP contribution in [0, 0.1) is 0 Å². The molecule has 0 saturated heterocycles. The molecule has 0 saturated carbocycles. The van der Waals surface area contributed by atoms with Gasteiger partial charge in [-0.1, -0.05) is 19.8 Å². The van der Waals surface area contributed by atoms with Crippen LogP contribution in [0.3, 0.4) is 0 Å². The highest BCUT2D eigenvalue weighted by atomic mass is 16.2. The number of unbranched alkanes of at least 4 members (excludes halogenated alkanes) is 3. The Labute approximate surface area is 104 Å². The lowest BCUT2D eigenvalue weighted by molar-refractivity contribution is 0.282. The zero-order valence-corrected chi connectivity index (χ0v) is 10.9. The van der Waals surface area contributed by atoms with E-state index in [2.05, 4.69) is 21.8 Å². The van der Waals surface area contributed by atoms with Gasteiger partial charge in [0.2, 0.25) is 0 Å². The summed E-state index contributed by atoms with van der Waals surface area (Å²) >= 11 is 0. The van der Waals surface area contributed by atoms with Gasteiger partial charge in [0, 0.05) is 25.5 Å². The van der Waals surface area contributed by atoms with Crippen LogP contribution in [0.2, 0.25) is 0 Å². The van der Waals surface area contributed by atoms with E-state index in [1.165, 1.54) is 12.8 Å². The zero-order valence-electron chi connectivity index (χ0n) is 10.9. The Morgan fingerprint density at radius 2 is 2.12 bits per heavy atom. The predicted molar refractivity (Wildman–Crippen MR) is 69.8 cm³/mol. The lowest BCUT2D eigenvalue weighted by Gasteiger charge is -2.07. The molecule has 0 aromatic carbocycles. The van der Waals surface area contributed by atoms with Gasteiger partial charge in [0.15, 0.2) is 0 Å². The second-order valence-electron chi connectivity index (χ2n) is 4.35. The molecule has 98 valence electrons. The molecule has 0 spiro atoms. The van der Waals surface area contributed by atoms with Crippen molar-refractivity contribution in [3.63, 3.8) is 0 Å². The molecule has 1 heterocycles. The number of hydrogen-bond donors (Lipinski definition) is 2. The Kier molecular flexibility index (Phi) is 7.67. The number of aromatic nitrogens is 2. The molecule has 17 heavy (non-hydrogen) atoms.